The van der Waals surface area contributed by atoms with Crippen LogP contribution in [0.25, 0.3) is 0 Å². The van der Waals surface area contributed by atoms with Gasteiger partial charge in [-0.15, -0.1) is 11.8 Å². The highest BCUT2D eigenvalue weighted by Gasteiger charge is 2.23. The topological polar surface area (TPSA) is 135 Å². The molecule has 1 amide bonds. The maximum absolute atomic E-state index is 12.6. The molecule has 0 bridgehead atoms. The van der Waals surface area contributed by atoms with Gasteiger partial charge in [-0.05, 0) is 42.5 Å². The van der Waals surface area contributed by atoms with Crippen LogP contribution in [0.3, 0.4) is 0 Å². The Bertz CT molecular complexity index is 1100. The summed E-state index contributed by atoms with van der Waals surface area (Å²) in [6.07, 6.45) is 0. The van der Waals surface area contributed by atoms with Crippen LogP contribution in [0.1, 0.15) is 6.92 Å². The minimum Gasteiger partial charge on any atom is -0.325 e. The smallest absolute Gasteiger partial charge is 0.261 e. The Morgan fingerprint density at radius 3 is 2.33 bits per heavy atom. The van der Waals surface area contributed by atoms with E-state index in [1.807, 2.05) is 0 Å². The third-order valence-corrected chi connectivity index (χ3v) is 7.53. The second-order valence-corrected chi connectivity index (χ2v) is 10.3. The minimum absolute atomic E-state index is 0.0211. The first-order chi connectivity index (χ1) is 12.6. The van der Waals surface area contributed by atoms with Crippen molar-refractivity contribution >= 4 is 49.1 Å². The van der Waals surface area contributed by atoms with Crippen molar-refractivity contribution in [2.24, 2.45) is 11.1 Å². The minimum atomic E-state index is -3.93. The molecule has 0 aromatic heterocycles. The molecular formula is C16H17N3O5S3. The summed E-state index contributed by atoms with van der Waals surface area (Å²) in [5, 5.41) is 7.76. The molecule has 0 spiro atoms. The number of carbonyl (C=O) groups is 1. The number of sulfonamides is 2. The molecule has 11 heteroatoms. The molecule has 1 aliphatic rings. The Morgan fingerprint density at radius 2 is 1.70 bits per heavy atom. The van der Waals surface area contributed by atoms with Crippen LogP contribution >= 0.6 is 11.8 Å². The maximum atomic E-state index is 12.6. The Balaban J connectivity index is 1.87. The number of nitrogens with one attached hydrogen (secondary N) is 2. The standard InChI is InChI=1S/C16H17N3O5S3/c1-10-9-25-15-7-6-13(8-14(15)18-16(10)20)27(23,24)19-11-2-4-12(5-3-11)26(17,21)22/h2-8,10,19H,9H2,1H3,(H,18,20)(H2,17,21,22)/t10-/m1/s1. The number of thioether (sulfide) groups is 1. The molecule has 2 aromatic rings. The lowest BCUT2D eigenvalue weighted by Crippen LogP contribution is -2.20. The van der Waals surface area contributed by atoms with Crippen LogP contribution in [-0.2, 0) is 24.8 Å². The maximum Gasteiger partial charge on any atom is 0.261 e. The van der Waals surface area contributed by atoms with E-state index < -0.39 is 20.0 Å². The summed E-state index contributed by atoms with van der Waals surface area (Å²) in [5.74, 6) is 0.264. The van der Waals surface area contributed by atoms with Gasteiger partial charge in [-0.1, -0.05) is 6.92 Å². The normalized spacial score (nSPS) is 17.6. The van der Waals surface area contributed by atoms with Crippen LogP contribution in [0, 0.1) is 5.92 Å². The van der Waals surface area contributed by atoms with E-state index in [0.29, 0.717) is 11.4 Å². The fraction of sp³-hybridized carbons (Fsp3) is 0.188. The number of primary sulfonamides is 1. The summed E-state index contributed by atoms with van der Waals surface area (Å²) >= 11 is 1.48. The van der Waals surface area contributed by atoms with Gasteiger partial charge in [0.2, 0.25) is 15.9 Å². The number of hydrogen-bond donors (Lipinski definition) is 3. The van der Waals surface area contributed by atoms with Gasteiger partial charge in [0.15, 0.2) is 0 Å². The molecule has 1 atom stereocenters. The predicted octanol–water partition coefficient (Wildman–Crippen LogP) is 1.82. The van der Waals surface area contributed by atoms with Crippen LogP contribution in [0.4, 0.5) is 11.4 Å². The Morgan fingerprint density at radius 1 is 1.07 bits per heavy atom. The molecule has 4 N–H and O–H groups in total. The molecule has 0 unspecified atom stereocenters. The van der Waals surface area contributed by atoms with Gasteiger partial charge in [0, 0.05) is 22.3 Å². The van der Waals surface area contributed by atoms with E-state index in [2.05, 4.69) is 10.0 Å². The van der Waals surface area contributed by atoms with Gasteiger partial charge in [0.1, 0.15) is 0 Å². The molecule has 0 radical (unpaired) electrons. The summed E-state index contributed by atoms with van der Waals surface area (Å²) in [7, 11) is -7.79. The largest absolute Gasteiger partial charge is 0.325 e. The van der Waals surface area contributed by atoms with E-state index in [1.54, 1.807) is 13.0 Å². The van der Waals surface area contributed by atoms with Gasteiger partial charge in [-0.2, -0.15) is 0 Å². The Labute approximate surface area is 161 Å². The molecule has 1 heterocycles. The summed E-state index contributed by atoms with van der Waals surface area (Å²) in [4.78, 5) is 12.6. The van der Waals surface area contributed by atoms with Gasteiger partial charge < -0.3 is 5.32 Å². The highest BCUT2D eigenvalue weighted by molar-refractivity contribution is 7.99. The second kappa shape index (κ2) is 7.15. The number of hydrogen-bond acceptors (Lipinski definition) is 6. The molecule has 0 fully saturated rings. The number of benzene rings is 2. The fourth-order valence-electron chi connectivity index (χ4n) is 2.37. The van der Waals surface area contributed by atoms with E-state index in [9.17, 15) is 21.6 Å². The first-order valence-electron chi connectivity index (χ1n) is 7.80. The van der Waals surface area contributed by atoms with Gasteiger partial charge in [0.25, 0.3) is 10.0 Å². The van der Waals surface area contributed by atoms with Crippen LogP contribution in [0.15, 0.2) is 57.2 Å². The van der Waals surface area contributed by atoms with Gasteiger partial charge in [-0.25, -0.2) is 22.0 Å². The zero-order chi connectivity index (χ0) is 19.8. The van der Waals surface area contributed by atoms with Gasteiger partial charge >= 0.3 is 0 Å². The predicted molar refractivity (Wildman–Crippen MR) is 104 cm³/mol. The number of amides is 1. The first kappa shape index (κ1) is 19.7. The molecule has 144 valence electrons. The number of nitrogens with two attached hydrogens (primary N) is 1. The number of carbonyl (C=O) groups excluding carboxylic acids is 1. The molecule has 8 nitrogen and oxygen atoms in total. The van der Waals surface area contributed by atoms with E-state index in [1.165, 1.54) is 48.2 Å². The van der Waals surface area contributed by atoms with E-state index >= 15 is 0 Å². The van der Waals surface area contributed by atoms with Crippen molar-refractivity contribution in [3.05, 3.63) is 42.5 Å². The molecule has 3 rings (SSSR count). The average molecular weight is 428 g/mol. The van der Waals surface area contributed by atoms with Crippen molar-refractivity contribution in [2.45, 2.75) is 21.6 Å². The molecule has 27 heavy (non-hydrogen) atoms. The van der Waals surface area contributed by atoms with Gasteiger partial charge in [-0.3, -0.25) is 9.52 Å². The van der Waals surface area contributed by atoms with Crippen LogP contribution in [-0.4, -0.2) is 28.5 Å². The van der Waals surface area contributed by atoms with Crippen molar-refractivity contribution in [1.29, 1.82) is 0 Å². The SMILES string of the molecule is C[C@@H]1CSc2ccc(S(=O)(=O)Nc3ccc(S(N)(=O)=O)cc3)cc2NC1=O. The van der Waals surface area contributed by atoms with E-state index in [4.69, 9.17) is 5.14 Å². The van der Waals surface area contributed by atoms with E-state index in [0.717, 1.165) is 4.90 Å². The Kier molecular flexibility index (Phi) is 5.21. The van der Waals surface area contributed by atoms with Crippen molar-refractivity contribution in [3.63, 3.8) is 0 Å². The monoisotopic (exact) mass is 427 g/mol. The van der Waals surface area contributed by atoms with E-state index in [-0.39, 0.29) is 27.3 Å². The van der Waals surface area contributed by atoms with Crippen molar-refractivity contribution in [2.75, 3.05) is 15.8 Å². The lowest BCUT2D eigenvalue weighted by molar-refractivity contribution is -0.118. The molecular weight excluding hydrogens is 410 g/mol. The highest BCUT2D eigenvalue weighted by Crippen LogP contribution is 2.34. The zero-order valence-electron chi connectivity index (χ0n) is 14.2. The zero-order valence-corrected chi connectivity index (χ0v) is 16.6. The fourth-order valence-corrected chi connectivity index (χ4v) is 4.98. The lowest BCUT2D eigenvalue weighted by Gasteiger charge is -2.12. The van der Waals surface area contributed by atoms with Crippen LogP contribution in [0.2, 0.25) is 0 Å². The summed E-state index contributed by atoms with van der Waals surface area (Å²) in [6.45, 7) is 1.80. The third kappa shape index (κ3) is 4.43. The molecule has 1 aliphatic heterocycles. The molecule has 0 saturated carbocycles. The van der Waals surface area contributed by atoms with Crippen LogP contribution < -0.4 is 15.2 Å². The summed E-state index contributed by atoms with van der Waals surface area (Å²) in [5.41, 5.74) is 0.631. The Hall–Kier alpha value is -2.08. The molecule has 0 saturated heterocycles. The third-order valence-electron chi connectivity index (χ3n) is 3.89. The van der Waals surface area contributed by atoms with Crippen molar-refractivity contribution in [3.8, 4) is 0 Å². The van der Waals surface area contributed by atoms with Crippen molar-refractivity contribution < 1.29 is 21.6 Å². The number of anilines is 2. The molecule has 0 aliphatic carbocycles. The summed E-state index contributed by atoms with van der Waals surface area (Å²) < 4.78 is 50.2. The van der Waals surface area contributed by atoms with Gasteiger partial charge in [0.05, 0.1) is 15.5 Å². The van der Waals surface area contributed by atoms with Crippen molar-refractivity contribution in [1.82, 2.24) is 0 Å². The average Bonchev–Trinajstić information content (AvgIpc) is 2.72. The first-order valence-corrected chi connectivity index (χ1v) is 11.8. The van der Waals surface area contributed by atoms with Crippen LogP contribution in [0.5, 0.6) is 0 Å². The lowest BCUT2D eigenvalue weighted by atomic mass is 10.2. The quantitative estimate of drug-likeness (QED) is 0.681. The highest BCUT2D eigenvalue weighted by atomic mass is 32.2. The number of rotatable bonds is 4. The second-order valence-electron chi connectivity index (χ2n) is 6.03. The number of fused-ring (bicyclic) bond motifs is 1. The summed E-state index contributed by atoms with van der Waals surface area (Å²) in [6, 6.07) is 9.54. The molecule has 2 aromatic carbocycles.